The first kappa shape index (κ1) is 17.8. The Labute approximate surface area is 152 Å². The third-order valence-electron chi connectivity index (χ3n) is 4.04. The topological polar surface area (TPSA) is 62.7 Å². The van der Waals surface area contributed by atoms with Crippen LogP contribution in [0.3, 0.4) is 0 Å². The van der Waals surface area contributed by atoms with Crippen LogP contribution < -0.4 is 10.6 Å². The van der Waals surface area contributed by atoms with Gasteiger partial charge in [-0.15, -0.1) is 5.10 Å². The van der Waals surface area contributed by atoms with Crippen molar-refractivity contribution in [1.29, 1.82) is 0 Å². The third-order valence-corrected chi connectivity index (χ3v) is 4.04. The zero-order valence-corrected chi connectivity index (χ0v) is 14.9. The third kappa shape index (κ3) is 4.75. The van der Waals surface area contributed by atoms with Crippen molar-refractivity contribution in [2.45, 2.75) is 26.2 Å². The molecule has 2 N–H and O–H groups in total. The van der Waals surface area contributed by atoms with Crippen LogP contribution in [0.25, 0.3) is 0 Å². The lowest BCUT2D eigenvalue weighted by atomic mass is 10.0. The number of hydrogen-bond donors (Lipinski definition) is 2. The van der Waals surface area contributed by atoms with Gasteiger partial charge in [0.1, 0.15) is 5.82 Å². The van der Waals surface area contributed by atoms with Gasteiger partial charge in [0.05, 0.1) is 6.20 Å². The molecule has 6 heteroatoms. The Bertz CT molecular complexity index is 849. The van der Waals surface area contributed by atoms with Crippen molar-refractivity contribution in [2.75, 3.05) is 17.2 Å². The second-order valence-electron chi connectivity index (χ2n) is 6.34. The first-order valence-corrected chi connectivity index (χ1v) is 8.66. The van der Waals surface area contributed by atoms with E-state index in [1.807, 2.05) is 18.2 Å². The molecule has 0 saturated carbocycles. The van der Waals surface area contributed by atoms with E-state index in [2.05, 4.69) is 51.8 Å². The minimum absolute atomic E-state index is 0.200. The first-order chi connectivity index (χ1) is 12.6. The number of halogens is 1. The Morgan fingerprint density at radius 2 is 1.81 bits per heavy atom. The van der Waals surface area contributed by atoms with E-state index in [1.165, 1.54) is 11.6 Å². The number of nitrogens with zero attached hydrogens (tertiary/aromatic N) is 3. The summed E-state index contributed by atoms with van der Waals surface area (Å²) in [5.41, 5.74) is 2.88. The lowest BCUT2D eigenvalue weighted by Crippen LogP contribution is -2.10. The monoisotopic (exact) mass is 351 g/mol. The number of hydrogen-bond acceptors (Lipinski definition) is 5. The molecule has 5 nitrogen and oxygen atoms in total. The summed E-state index contributed by atoms with van der Waals surface area (Å²) in [7, 11) is 0. The predicted molar refractivity (Wildman–Crippen MR) is 102 cm³/mol. The zero-order chi connectivity index (χ0) is 18.4. The van der Waals surface area contributed by atoms with Gasteiger partial charge < -0.3 is 10.6 Å². The van der Waals surface area contributed by atoms with Crippen molar-refractivity contribution in [1.82, 2.24) is 15.2 Å². The Morgan fingerprint density at radius 1 is 1.04 bits per heavy atom. The van der Waals surface area contributed by atoms with Gasteiger partial charge in [-0.25, -0.2) is 4.39 Å². The normalized spacial score (nSPS) is 10.8. The fraction of sp³-hybridized carbons (Fsp3) is 0.250. The number of nitrogens with one attached hydrogen (secondary N) is 2. The molecule has 0 aliphatic rings. The van der Waals surface area contributed by atoms with Crippen molar-refractivity contribution in [3.05, 3.63) is 71.7 Å². The average Bonchev–Trinajstić information content (AvgIpc) is 2.64. The minimum atomic E-state index is -0.200. The number of rotatable bonds is 7. The molecular formula is C20H22FN5. The summed E-state index contributed by atoms with van der Waals surface area (Å²) in [5, 5.41) is 14.2. The summed E-state index contributed by atoms with van der Waals surface area (Å²) in [6.45, 7) is 4.85. The Balaban J connectivity index is 1.58. The molecule has 1 aromatic heterocycles. The van der Waals surface area contributed by atoms with Crippen molar-refractivity contribution in [3.63, 3.8) is 0 Å². The van der Waals surface area contributed by atoms with E-state index < -0.39 is 0 Å². The maximum atomic E-state index is 13.6. The minimum Gasteiger partial charge on any atom is -0.353 e. The van der Waals surface area contributed by atoms with Crippen molar-refractivity contribution < 1.29 is 4.39 Å². The molecule has 1 heterocycles. The van der Waals surface area contributed by atoms with Crippen LogP contribution >= 0.6 is 0 Å². The molecule has 0 amide bonds. The van der Waals surface area contributed by atoms with E-state index in [4.69, 9.17) is 0 Å². The van der Waals surface area contributed by atoms with E-state index >= 15 is 0 Å². The molecule has 2 aromatic carbocycles. The highest BCUT2D eigenvalue weighted by molar-refractivity contribution is 5.56. The molecule has 3 aromatic rings. The molecule has 3 rings (SSSR count). The number of aromatic nitrogens is 3. The lowest BCUT2D eigenvalue weighted by Gasteiger charge is -2.10. The van der Waals surface area contributed by atoms with Gasteiger partial charge in [0.25, 0.3) is 0 Å². The van der Waals surface area contributed by atoms with Gasteiger partial charge >= 0.3 is 0 Å². The standard InChI is InChI=1S/C20H22FN5/c1-14(2)15-7-9-17(10-8-15)24-19-13-23-26-20(25-19)22-12-11-16-5-3-4-6-18(16)21/h3-10,13-14H,11-12H2,1-2H3,(H2,22,24,25,26). The van der Waals surface area contributed by atoms with Gasteiger partial charge in [0.2, 0.25) is 5.95 Å². The van der Waals surface area contributed by atoms with E-state index in [0.717, 1.165) is 5.69 Å². The zero-order valence-electron chi connectivity index (χ0n) is 14.9. The highest BCUT2D eigenvalue weighted by Gasteiger charge is 2.04. The van der Waals surface area contributed by atoms with Crippen molar-refractivity contribution >= 4 is 17.5 Å². The molecule has 0 bridgehead atoms. The molecule has 0 aliphatic heterocycles. The van der Waals surface area contributed by atoms with Crippen molar-refractivity contribution in [3.8, 4) is 0 Å². The van der Waals surface area contributed by atoms with Crippen LogP contribution in [0.1, 0.15) is 30.9 Å². The average molecular weight is 351 g/mol. The van der Waals surface area contributed by atoms with E-state index in [1.54, 1.807) is 18.3 Å². The van der Waals surface area contributed by atoms with E-state index in [-0.39, 0.29) is 5.82 Å². The van der Waals surface area contributed by atoms with Crippen LogP contribution in [-0.4, -0.2) is 21.7 Å². The second-order valence-corrected chi connectivity index (χ2v) is 6.34. The fourth-order valence-corrected chi connectivity index (χ4v) is 2.55. The maximum Gasteiger partial charge on any atom is 0.244 e. The van der Waals surface area contributed by atoms with E-state index in [9.17, 15) is 4.39 Å². The molecule has 0 unspecified atom stereocenters. The molecular weight excluding hydrogens is 329 g/mol. The summed E-state index contributed by atoms with van der Waals surface area (Å²) in [6, 6.07) is 15.0. The molecule has 0 spiro atoms. The fourth-order valence-electron chi connectivity index (χ4n) is 2.55. The molecule has 0 atom stereocenters. The lowest BCUT2D eigenvalue weighted by molar-refractivity contribution is 0.610. The SMILES string of the molecule is CC(C)c1ccc(Nc2cnnc(NCCc3ccccc3F)n2)cc1. The van der Waals surface area contributed by atoms with Gasteiger partial charge in [0.15, 0.2) is 5.82 Å². The molecule has 134 valence electrons. The van der Waals surface area contributed by atoms with E-state index in [0.29, 0.717) is 36.2 Å². The number of benzene rings is 2. The van der Waals surface area contributed by atoms with Gasteiger partial charge in [-0.05, 0) is 41.7 Å². The van der Waals surface area contributed by atoms with Crippen LogP contribution in [0.4, 0.5) is 21.8 Å². The quantitative estimate of drug-likeness (QED) is 0.655. The van der Waals surface area contributed by atoms with Gasteiger partial charge in [-0.1, -0.05) is 44.2 Å². The summed E-state index contributed by atoms with van der Waals surface area (Å²) < 4.78 is 13.6. The van der Waals surface area contributed by atoms with Gasteiger partial charge in [-0.3, -0.25) is 0 Å². The van der Waals surface area contributed by atoms with Crippen LogP contribution in [0.2, 0.25) is 0 Å². The number of anilines is 3. The van der Waals surface area contributed by atoms with Crippen LogP contribution in [0, 0.1) is 5.82 Å². The second kappa shape index (κ2) is 8.38. The predicted octanol–water partition coefficient (Wildman–Crippen LogP) is 4.53. The summed E-state index contributed by atoms with van der Waals surface area (Å²) in [6.07, 6.45) is 2.11. The molecule has 0 aliphatic carbocycles. The summed E-state index contributed by atoms with van der Waals surface area (Å²) in [5.74, 6) is 1.31. The maximum absolute atomic E-state index is 13.6. The molecule has 0 fully saturated rings. The van der Waals surface area contributed by atoms with Crippen LogP contribution in [-0.2, 0) is 6.42 Å². The molecule has 0 radical (unpaired) electrons. The van der Waals surface area contributed by atoms with Crippen LogP contribution in [0.15, 0.2) is 54.7 Å². The Kier molecular flexibility index (Phi) is 5.73. The van der Waals surface area contributed by atoms with Gasteiger partial charge in [-0.2, -0.15) is 10.1 Å². The van der Waals surface area contributed by atoms with Crippen molar-refractivity contribution in [2.24, 2.45) is 0 Å². The first-order valence-electron chi connectivity index (χ1n) is 8.66. The molecule has 0 saturated heterocycles. The highest BCUT2D eigenvalue weighted by Crippen LogP contribution is 2.19. The smallest absolute Gasteiger partial charge is 0.244 e. The van der Waals surface area contributed by atoms with Gasteiger partial charge in [0, 0.05) is 12.2 Å². The Morgan fingerprint density at radius 3 is 2.54 bits per heavy atom. The largest absolute Gasteiger partial charge is 0.353 e. The summed E-state index contributed by atoms with van der Waals surface area (Å²) >= 11 is 0. The Hall–Kier alpha value is -3.02. The van der Waals surface area contributed by atoms with Crippen LogP contribution in [0.5, 0.6) is 0 Å². The highest BCUT2D eigenvalue weighted by atomic mass is 19.1. The summed E-state index contributed by atoms with van der Waals surface area (Å²) in [4.78, 5) is 4.39. The molecule has 26 heavy (non-hydrogen) atoms.